The summed E-state index contributed by atoms with van der Waals surface area (Å²) >= 11 is 0. The number of Topliss-reactive ketones (excluding diaryl/α,β-unsaturated/α-hetero) is 2. The van der Waals surface area contributed by atoms with Crippen LogP contribution in [0.15, 0.2) is 18.3 Å². The van der Waals surface area contributed by atoms with Gasteiger partial charge >= 0.3 is 0 Å². The van der Waals surface area contributed by atoms with Crippen molar-refractivity contribution in [1.29, 1.82) is 0 Å². The van der Waals surface area contributed by atoms with Crippen molar-refractivity contribution in [1.82, 2.24) is 9.88 Å². The van der Waals surface area contributed by atoms with Crippen LogP contribution in [0, 0.1) is 5.92 Å². The van der Waals surface area contributed by atoms with Gasteiger partial charge in [0.05, 0.1) is 6.61 Å². The molecule has 1 fully saturated rings. The van der Waals surface area contributed by atoms with Crippen molar-refractivity contribution < 1.29 is 14.3 Å². The van der Waals surface area contributed by atoms with Crippen LogP contribution in [0.25, 0.3) is 0 Å². The lowest BCUT2D eigenvalue weighted by Gasteiger charge is -2.45. The average Bonchev–Trinajstić information content (AvgIpc) is 2.58. The molecule has 1 aromatic rings. The first-order valence-corrected chi connectivity index (χ1v) is 9.37. The predicted octanol–water partition coefficient (Wildman–Crippen LogP) is 2.42. The molecule has 26 heavy (non-hydrogen) atoms. The molecule has 6 nitrogen and oxygen atoms in total. The van der Waals surface area contributed by atoms with E-state index < -0.39 is 0 Å². The zero-order chi connectivity index (χ0) is 19.3. The second-order valence-corrected chi connectivity index (χ2v) is 7.50. The molecule has 0 saturated carbocycles. The number of carbonyl (C=O) groups excluding carboxylic acids is 2. The second kappa shape index (κ2) is 9.24. The molecule has 2 rings (SSSR count). The van der Waals surface area contributed by atoms with Crippen LogP contribution in [0.4, 0.5) is 5.82 Å². The highest BCUT2D eigenvalue weighted by Gasteiger charge is 2.30. The Morgan fingerprint density at radius 1 is 1.23 bits per heavy atom. The fraction of sp³-hybridized carbons (Fsp3) is 0.650. The molecular formula is C20H31N3O3. The molecule has 0 amide bonds. The molecule has 0 spiro atoms. The van der Waals surface area contributed by atoms with Crippen molar-refractivity contribution in [3.63, 3.8) is 0 Å². The fourth-order valence-corrected chi connectivity index (χ4v) is 3.35. The summed E-state index contributed by atoms with van der Waals surface area (Å²) < 4.78 is 5.53. The summed E-state index contributed by atoms with van der Waals surface area (Å²) in [5, 5.41) is 0. The number of rotatable bonds is 8. The smallest absolute Gasteiger partial charge is 0.161 e. The highest BCUT2D eigenvalue weighted by Crippen LogP contribution is 2.23. The Morgan fingerprint density at radius 2 is 1.88 bits per heavy atom. The molecule has 144 valence electrons. The summed E-state index contributed by atoms with van der Waals surface area (Å²) in [6.07, 6.45) is 1.66. The number of pyridine rings is 1. The van der Waals surface area contributed by atoms with Crippen molar-refractivity contribution in [3.8, 4) is 0 Å². The van der Waals surface area contributed by atoms with E-state index >= 15 is 0 Å². The molecule has 0 bridgehead atoms. The predicted molar refractivity (Wildman–Crippen MR) is 103 cm³/mol. The van der Waals surface area contributed by atoms with E-state index in [0.29, 0.717) is 24.3 Å². The first kappa shape index (κ1) is 20.5. The lowest BCUT2D eigenvalue weighted by molar-refractivity contribution is -0.126. The first-order chi connectivity index (χ1) is 12.3. The Kier molecular flexibility index (Phi) is 7.29. The monoisotopic (exact) mass is 361 g/mol. The number of piperazine rings is 1. The molecule has 1 aromatic heterocycles. The van der Waals surface area contributed by atoms with Crippen LogP contribution < -0.4 is 4.90 Å². The number of carbonyl (C=O) groups is 2. The molecule has 2 heterocycles. The normalized spacial score (nSPS) is 21.2. The Bertz CT molecular complexity index is 603. The molecule has 1 aliphatic heterocycles. The molecule has 0 radical (unpaired) electrons. The maximum atomic E-state index is 11.6. The van der Waals surface area contributed by atoms with Crippen LogP contribution >= 0.6 is 0 Å². The minimum absolute atomic E-state index is 0.0282. The molecule has 6 heteroatoms. The van der Waals surface area contributed by atoms with Gasteiger partial charge in [-0.3, -0.25) is 14.5 Å². The lowest BCUT2D eigenvalue weighted by Crippen LogP contribution is -2.57. The molecule has 1 aliphatic rings. The van der Waals surface area contributed by atoms with Gasteiger partial charge < -0.3 is 9.64 Å². The van der Waals surface area contributed by atoms with E-state index in [4.69, 9.17) is 4.74 Å². The summed E-state index contributed by atoms with van der Waals surface area (Å²) in [7, 11) is 0. The number of hydrogen-bond acceptors (Lipinski definition) is 6. The minimum atomic E-state index is 0.0282. The molecule has 1 saturated heterocycles. The summed E-state index contributed by atoms with van der Waals surface area (Å²) in [4.78, 5) is 32.2. The minimum Gasteiger partial charge on any atom is -0.372 e. The van der Waals surface area contributed by atoms with Crippen molar-refractivity contribution in [2.75, 3.05) is 37.7 Å². The summed E-state index contributed by atoms with van der Waals surface area (Å²) in [5.74, 6) is 1.12. The standard InChI is InChI=1S/C20H31N3O3/c1-14(2)19(25)13-26-9-8-22-11-15(3)23(16(4)12-22)20-7-6-18(10-21-20)17(5)24/h6-7,10,14-16H,8-9,11-13H2,1-5H3/t15-,16+. The van der Waals surface area contributed by atoms with Crippen LogP contribution in [0.1, 0.15) is 45.0 Å². The highest BCUT2D eigenvalue weighted by molar-refractivity contribution is 5.93. The van der Waals surface area contributed by atoms with E-state index in [1.807, 2.05) is 26.0 Å². The van der Waals surface area contributed by atoms with Crippen molar-refractivity contribution >= 4 is 17.4 Å². The van der Waals surface area contributed by atoms with Crippen LogP contribution in [0.2, 0.25) is 0 Å². The quantitative estimate of drug-likeness (QED) is 0.523. The maximum absolute atomic E-state index is 11.6. The number of ether oxygens (including phenoxy) is 1. The van der Waals surface area contributed by atoms with Crippen molar-refractivity contribution in [2.24, 2.45) is 5.92 Å². The topological polar surface area (TPSA) is 62.7 Å². The zero-order valence-electron chi connectivity index (χ0n) is 16.6. The maximum Gasteiger partial charge on any atom is 0.161 e. The van der Waals surface area contributed by atoms with Crippen molar-refractivity contribution in [3.05, 3.63) is 23.9 Å². The SMILES string of the molecule is CC(=O)c1ccc(N2[C@H](C)CN(CCOCC(=O)C(C)C)C[C@@H]2C)nc1. The number of ketones is 2. The van der Waals surface area contributed by atoms with Gasteiger partial charge in [-0.2, -0.15) is 0 Å². The van der Waals surface area contributed by atoms with Gasteiger partial charge in [-0.15, -0.1) is 0 Å². The van der Waals surface area contributed by atoms with E-state index in [9.17, 15) is 9.59 Å². The molecule has 0 unspecified atom stereocenters. The molecular weight excluding hydrogens is 330 g/mol. The first-order valence-electron chi connectivity index (χ1n) is 9.37. The van der Waals surface area contributed by atoms with Crippen LogP contribution in [-0.4, -0.2) is 66.4 Å². The largest absolute Gasteiger partial charge is 0.372 e. The van der Waals surface area contributed by atoms with Gasteiger partial charge in [0.2, 0.25) is 0 Å². The van der Waals surface area contributed by atoms with E-state index in [0.717, 1.165) is 25.5 Å². The third kappa shape index (κ3) is 5.35. The molecule has 0 aliphatic carbocycles. The summed E-state index contributed by atoms with van der Waals surface area (Å²) in [6, 6.07) is 4.40. The average molecular weight is 361 g/mol. The van der Waals surface area contributed by atoms with Gasteiger partial charge in [0, 0.05) is 49.4 Å². The Morgan fingerprint density at radius 3 is 2.38 bits per heavy atom. The molecule has 2 atom stereocenters. The van der Waals surface area contributed by atoms with Gasteiger partial charge in [0.1, 0.15) is 12.4 Å². The van der Waals surface area contributed by atoms with Gasteiger partial charge in [0.25, 0.3) is 0 Å². The van der Waals surface area contributed by atoms with E-state index in [1.165, 1.54) is 0 Å². The second-order valence-electron chi connectivity index (χ2n) is 7.50. The highest BCUT2D eigenvalue weighted by atomic mass is 16.5. The van der Waals surface area contributed by atoms with Crippen LogP contribution in [0.3, 0.4) is 0 Å². The van der Waals surface area contributed by atoms with Crippen molar-refractivity contribution in [2.45, 2.75) is 46.7 Å². The van der Waals surface area contributed by atoms with Gasteiger partial charge in [0.15, 0.2) is 11.6 Å². The number of aromatic nitrogens is 1. The summed E-state index contributed by atoms with van der Waals surface area (Å²) in [5.41, 5.74) is 0.640. The zero-order valence-corrected chi connectivity index (χ0v) is 16.6. The van der Waals surface area contributed by atoms with E-state index in [2.05, 4.69) is 28.6 Å². The number of nitrogens with zero attached hydrogens (tertiary/aromatic N) is 3. The van der Waals surface area contributed by atoms with Crippen LogP contribution in [-0.2, 0) is 9.53 Å². The Labute approximate surface area is 156 Å². The van der Waals surface area contributed by atoms with Gasteiger partial charge in [-0.25, -0.2) is 4.98 Å². The van der Waals surface area contributed by atoms with Gasteiger partial charge in [-0.05, 0) is 32.9 Å². The van der Waals surface area contributed by atoms with E-state index in [1.54, 1.807) is 13.1 Å². The Balaban J connectivity index is 1.86. The van der Waals surface area contributed by atoms with E-state index in [-0.39, 0.29) is 24.1 Å². The molecule has 0 aromatic carbocycles. The third-order valence-corrected chi connectivity index (χ3v) is 4.85. The summed E-state index contributed by atoms with van der Waals surface area (Å²) in [6.45, 7) is 13.2. The fourth-order valence-electron chi connectivity index (χ4n) is 3.35. The number of anilines is 1. The Hall–Kier alpha value is -1.79. The number of hydrogen-bond donors (Lipinski definition) is 0. The lowest BCUT2D eigenvalue weighted by atomic mass is 10.1. The van der Waals surface area contributed by atoms with Crippen LogP contribution in [0.5, 0.6) is 0 Å². The molecule has 0 N–H and O–H groups in total. The third-order valence-electron chi connectivity index (χ3n) is 4.85. The van der Waals surface area contributed by atoms with Gasteiger partial charge in [-0.1, -0.05) is 13.8 Å².